The number of rotatable bonds is 8. The third-order valence-electron chi connectivity index (χ3n) is 6.12. The minimum atomic E-state index is -0.171. The van der Waals surface area contributed by atoms with Crippen LogP contribution in [-0.4, -0.2) is 58.9 Å². The van der Waals surface area contributed by atoms with Gasteiger partial charge >= 0.3 is 0 Å². The van der Waals surface area contributed by atoms with E-state index in [4.69, 9.17) is 9.72 Å². The molecule has 1 aliphatic rings. The number of amides is 1. The molecular weight excluding hydrogens is 432 g/mol. The summed E-state index contributed by atoms with van der Waals surface area (Å²) in [6.07, 6.45) is 0.786. The molecule has 5 rings (SSSR count). The third kappa shape index (κ3) is 5.05. The van der Waals surface area contributed by atoms with Crippen molar-refractivity contribution in [3.8, 4) is 0 Å². The van der Waals surface area contributed by atoms with E-state index in [0.717, 1.165) is 35.7 Å². The van der Waals surface area contributed by atoms with Gasteiger partial charge in [0.25, 0.3) is 0 Å². The average Bonchev–Trinajstić information content (AvgIpc) is 3.42. The van der Waals surface area contributed by atoms with E-state index in [1.54, 1.807) is 18.9 Å². The Kier molecular flexibility index (Phi) is 6.62. The Morgan fingerprint density at radius 1 is 1.15 bits per heavy atom. The van der Waals surface area contributed by atoms with Crippen molar-refractivity contribution in [1.29, 1.82) is 0 Å². The lowest BCUT2D eigenvalue weighted by atomic mass is 10.1. The SMILES string of the molecule is COCCNC(=O)[C@@H]1C[C@@H](Sc2nc3ccccc3[nH]2)CN1Cc1ccc2ccccc2c1. The first-order valence-corrected chi connectivity index (χ1v) is 12.2. The normalized spacial score (nSPS) is 18.8. The number of carbonyl (C=O) groups is 1. The summed E-state index contributed by atoms with van der Waals surface area (Å²) in [7, 11) is 1.65. The van der Waals surface area contributed by atoms with Crippen molar-refractivity contribution in [2.45, 2.75) is 29.4 Å². The summed E-state index contributed by atoms with van der Waals surface area (Å²) in [5.41, 5.74) is 3.23. The van der Waals surface area contributed by atoms with Crippen LogP contribution in [0.4, 0.5) is 0 Å². The smallest absolute Gasteiger partial charge is 0.237 e. The number of thioether (sulfide) groups is 1. The van der Waals surface area contributed by atoms with Crippen molar-refractivity contribution in [2.75, 3.05) is 26.8 Å². The van der Waals surface area contributed by atoms with Crippen LogP contribution in [0.15, 0.2) is 71.9 Å². The number of benzene rings is 3. The zero-order chi connectivity index (χ0) is 22.6. The van der Waals surface area contributed by atoms with Crippen LogP contribution < -0.4 is 5.32 Å². The fourth-order valence-electron chi connectivity index (χ4n) is 4.50. The Hall–Kier alpha value is -2.87. The number of aromatic amines is 1. The van der Waals surface area contributed by atoms with Crippen LogP contribution in [0.3, 0.4) is 0 Å². The Balaban J connectivity index is 1.33. The van der Waals surface area contributed by atoms with E-state index in [1.165, 1.54) is 16.3 Å². The van der Waals surface area contributed by atoms with E-state index in [0.29, 0.717) is 13.2 Å². The second kappa shape index (κ2) is 9.95. The van der Waals surface area contributed by atoms with Gasteiger partial charge in [-0.1, -0.05) is 60.3 Å². The number of hydrogen-bond acceptors (Lipinski definition) is 5. The largest absolute Gasteiger partial charge is 0.383 e. The molecule has 2 atom stereocenters. The zero-order valence-electron chi connectivity index (χ0n) is 18.7. The van der Waals surface area contributed by atoms with E-state index in [-0.39, 0.29) is 17.2 Å². The van der Waals surface area contributed by atoms with Crippen molar-refractivity contribution < 1.29 is 9.53 Å². The molecule has 1 fully saturated rings. The molecular formula is C26H28N4O2S. The number of fused-ring (bicyclic) bond motifs is 2. The number of nitrogens with one attached hydrogen (secondary N) is 2. The maximum absolute atomic E-state index is 13.0. The molecule has 0 aliphatic carbocycles. The van der Waals surface area contributed by atoms with Crippen LogP contribution in [0, 0.1) is 0 Å². The minimum absolute atomic E-state index is 0.0699. The number of hydrogen-bond donors (Lipinski definition) is 2. The van der Waals surface area contributed by atoms with E-state index >= 15 is 0 Å². The first-order valence-electron chi connectivity index (χ1n) is 11.3. The van der Waals surface area contributed by atoms with E-state index in [9.17, 15) is 4.79 Å². The molecule has 0 radical (unpaired) electrons. The first kappa shape index (κ1) is 21.9. The molecule has 33 heavy (non-hydrogen) atoms. The van der Waals surface area contributed by atoms with Gasteiger partial charge in [0, 0.05) is 32.0 Å². The number of ether oxygens (including phenoxy) is 1. The lowest BCUT2D eigenvalue weighted by Crippen LogP contribution is -2.43. The first-order chi connectivity index (χ1) is 16.2. The number of likely N-dealkylation sites (tertiary alicyclic amines) is 1. The maximum atomic E-state index is 13.0. The van der Waals surface area contributed by atoms with Gasteiger partial charge in [-0.05, 0) is 41.0 Å². The maximum Gasteiger partial charge on any atom is 0.237 e. The molecule has 0 saturated carbocycles. The Labute approximate surface area is 197 Å². The summed E-state index contributed by atoms with van der Waals surface area (Å²) < 4.78 is 5.10. The van der Waals surface area contributed by atoms with Crippen molar-refractivity contribution >= 4 is 39.5 Å². The van der Waals surface area contributed by atoms with E-state index in [1.807, 2.05) is 24.3 Å². The highest BCUT2D eigenvalue weighted by atomic mass is 32.2. The Bertz CT molecular complexity index is 1220. The summed E-state index contributed by atoms with van der Waals surface area (Å²) >= 11 is 1.73. The Morgan fingerprint density at radius 2 is 1.97 bits per heavy atom. The summed E-state index contributed by atoms with van der Waals surface area (Å²) in [5.74, 6) is 0.0699. The lowest BCUT2D eigenvalue weighted by Gasteiger charge is -2.23. The van der Waals surface area contributed by atoms with Gasteiger partial charge in [0.2, 0.25) is 5.91 Å². The molecule has 1 aromatic heterocycles. The van der Waals surface area contributed by atoms with Gasteiger partial charge in [-0.25, -0.2) is 4.98 Å². The minimum Gasteiger partial charge on any atom is -0.383 e. The van der Waals surface area contributed by atoms with Crippen molar-refractivity contribution in [3.05, 3.63) is 72.3 Å². The highest BCUT2D eigenvalue weighted by Gasteiger charge is 2.37. The van der Waals surface area contributed by atoms with E-state index < -0.39 is 0 Å². The van der Waals surface area contributed by atoms with Crippen molar-refractivity contribution in [2.24, 2.45) is 0 Å². The molecule has 170 valence electrons. The summed E-state index contributed by atoms with van der Waals surface area (Å²) in [5, 5.41) is 6.69. The number of methoxy groups -OCH3 is 1. The van der Waals surface area contributed by atoms with Crippen LogP contribution in [0.1, 0.15) is 12.0 Å². The van der Waals surface area contributed by atoms with Gasteiger partial charge in [-0.2, -0.15) is 0 Å². The number of H-pyrrole nitrogens is 1. The molecule has 3 aromatic carbocycles. The predicted molar refractivity (Wildman–Crippen MR) is 133 cm³/mol. The number of imidazole rings is 1. The Morgan fingerprint density at radius 3 is 2.82 bits per heavy atom. The molecule has 2 N–H and O–H groups in total. The summed E-state index contributed by atoms with van der Waals surface area (Å²) in [6.45, 7) is 2.61. The van der Waals surface area contributed by atoms with Crippen LogP contribution in [-0.2, 0) is 16.1 Å². The van der Waals surface area contributed by atoms with Crippen LogP contribution >= 0.6 is 11.8 Å². The fourth-order valence-corrected chi connectivity index (χ4v) is 5.68. The fraction of sp³-hybridized carbons (Fsp3) is 0.308. The molecule has 1 saturated heterocycles. The molecule has 4 aromatic rings. The molecule has 6 nitrogen and oxygen atoms in total. The molecule has 0 bridgehead atoms. The van der Waals surface area contributed by atoms with E-state index in [2.05, 4.69) is 57.7 Å². The molecule has 0 unspecified atom stereocenters. The number of carbonyl (C=O) groups excluding carboxylic acids is 1. The van der Waals surface area contributed by atoms with Gasteiger partial charge in [0.1, 0.15) is 0 Å². The highest BCUT2D eigenvalue weighted by molar-refractivity contribution is 7.99. The van der Waals surface area contributed by atoms with Crippen molar-refractivity contribution in [1.82, 2.24) is 20.2 Å². The quantitative estimate of drug-likeness (QED) is 0.386. The standard InChI is InChI=1S/C26H28N4O2S/c1-32-13-12-27-25(31)24-15-21(33-26-28-22-8-4-5-9-23(22)29-26)17-30(24)16-18-10-11-19-6-2-3-7-20(19)14-18/h2-11,14,21,24H,12-13,15-17H2,1H3,(H,27,31)(H,28,29)/t21-,24+/m1/s1. The molecule has 7 heteroatoms. The zero-order valence-corrected chi connectivity index (χ0v) is 19.5. The second-order valence-corrected chi connectivity index (χ2v) is 9.73. The molecule has 2 heterocycles. The summed E-state index contributed by atoms with van der Waals surface area (Å²) in [4.78, 5) is 23.5. The van der Waals surface area contributed by atoms with Crippen LogP contribution in [0.2, 0.25) is 0 Å². The van der Waals surface area contributed by atoms with Gasteiger partial charge in [-0.3, -0.25) is 9.69 Å². The molecule has 0 spiro atoms. The van der Waals surface area contributed by atoms with Gasteiger partial charge in [0.05, 0.1) is 23.7 Å². The number of aromatic nitrogens is 2. The number of para-hydroxylation sites is 2. The number of nitrogens with zero attached hydrogens (tertiary/aromatic N) is 2. The van der Waals surface area contributed by atoms with Gasteiger partial charge in [-0.15, -0.1) is 0 Å². The topological polar surface area (TPSA) is 70.2 Å². The van der Waals surface area contributed by atoms with Gasteiger partial charge < -0.3 is 15.0 Å². The lowest BCUT2D eigenvalue weighted by molar-refractivity contribution is -0.125. The average molecular weight is 461 g/mol. The monoisotopic (exact) mass is 460 g/mol. The van der Waals surface area contributed by atoms with Gasteiger partial charge in [0.15, 0.2) is 5.16 Å². The van der Waals surface area contributed by atoms with Crippen LogP contribution in [0.5, 0.6) is 0 Å². The molecule has 1 aliphatic heterocycles. The highest BCUT2D eigenvalue weighted by Crippen LogP contribution is 2.33. The van der Waals surface area contributed by atoms with Crippen molar-refractivity contribution in [3.63, 3.8) is 0 Å². The summed E-state index contributed by atoms with van der Waals surface area (Å²) in [6, 6.07) is 22.8. The second-order valence-electron chi connectivity index (χ2n) is 8.45. The van der Waals surface area contributed by atoms with Crippen LogP contribution in [0.25, 0.3) is 21.8 Å². The third-order valence-corrected chi connectivity index (χ3v) is 7.21. The predicted octanol–water partition coefficient (Wildman–Crippen LogP) is 4.21. The molecule has 1 amide bonds.